The molecule has 4 aromatic rings. The fourth-order valence-corrected chi connectivity index (χ4v) is 6.46. The van der Waals surface area contributed by atoms with Crippen LogP contribution in [-0.2, 0) is 19.1 Å². The number of carbonyl (C=O) groups excluding carboxylic acids is 3. The van der Waals surface area contributed by atoms with E-state index in [1.165, 1.54) is 9.47 Å². The first kappa shape index (κ1) is 27.1. The molecule has 0 saturated heterocycles. The second kappa shape index (κ2) is 11.1. The summed E-state index contributed by atoms with van der Waals surface area (Å²) in [6.07, 6.45) is 0. The summed E-state index contributed by atoms with van der Waals surface area (Å²) in [4.78, 5) is 60.5. The molecule has 0 unspecified atom stereocenters. The number of benzene rings is 3. The lowest BCUT2D eigenvalue weighted by molar-refractivity contribution is -0.142. The molecule has 0 bridgehead atoms. The van der Waals surface area contributed by atoms with Gasteiger partial charge in [0.05, 0.1) is 35.2 Å². The maximum absolute atomic E-state index is 14.3. The highest BCUT2D eigenvalue weighted by molar-refractivity contribution is 7.07. The summed E-state index contributed by atoms with van der Waals surface area (Å²) in [5.41, 5.74) is 2.96. The zero-order chi connectivity index (χ0) is 29.4. The standard InChI is InChI=1S/C32H26N4O5S/c1-3-41-24(37)18-35-23-17-11-10-16-22(23)26(30(35)39)28-31(40)36-27(20-12-6-4-7-13-20)25(19(2)33-32(36)42-28)29(38)34-21-14-8-5-9-15-21/h4-17,27H,3,18H2,1-2H3,(H,34,38)/b28-26+/t27-/m1/s1. The Labute approximate surface area is 244 Å². The Kier molecular flexibility index (Phi) is 7.13. The quantitative estimate of drug-likeness (QED) is 0.354. The normalized spacial score (nSPS) is 17.0. The van der Waals surface area contributed by atoms with Gasteiger partial charge < -0.3 is 10.1 Å². The van der Waals surface area contributed by atoms with Crippen LogP contribution in [0.5, 0.6) is 0 Å². The van der Waals surface area contributed by atoms with Crippen molar-refractivity contribution in [2.45, 2.75) is 19.9 Å². The molecule has 3 aromatic carbocycles. The Balaban J connectivity index is 1.54. The first-order valence-corrected chi connectivity index (χ1v) is 14.2. The maximum atomic E-state index is 14.3. The number of fused-ring (bicyclic) bond motifs is 2. The van der Waals surface area contributed by atoms with Gasteiger partial charge in [0.15, 0.2) is 4.80 Å². The number of hydrogen-bond acceptors (Lipinski definition) is 7. The number of ether oxygens (including phenoxy) is 1. The third-order valence-corrected chi connectivity index (χ3v) is 8.19. The number of allylic oxidation sites excluding steroid dienone is 1. The van der Waals surface area contributed by atoms with E-state index >= 15 is 0 Å². The van der Waals surface area contributed by atoms with Crippen LogP contribution in [0.3, 0.4) is 0 Å². The minimum Gasteiger partial charge on any atom is -0.465 e. The van der Waals surface area contributed by atoms with Gasteiger partial charge in [-0.2, -0.15) is 0 Å². The molecule has 42 heavy (non-hydrogen) atoms. The van der Waals surface area contributed by atoms with Gasteiger partial charge in [-0.15, -0.1) is 0 Å². The number of anilines is 2. The summed E-state index contributed by atoms with van der Waals surface area (Å²) in [7, 11) is 0. The van der Waals surface area contributed by atoms with E-state index in [-0.39, 0.29) is 29.2 Å². The molecule has 1 atom stereocenters. The van der Waals surface area contributed by atoms with Crippen molar-refractivity contribution < 1.29 is 19.1 Å². The SMILES string of the molecule is CCOC(=O)CN1C(=O)/C(=c2/sc3n(c2=O)[C@H](c2ccccc2)C(C(=O)Nc2ccccc2)=C(C)N=3)c2ccccc21. The van der Waals surface area contributed by atoms with Crippen molar-refractivity contribution in [3.63, 3.8) is 0 Å². The van der Waals surface area contributed by atoms with Crippen molar-refractivity contribution in [1.82, 2.24) is 4.57 Å². The Morgan fingerprint density at radius 2 is 1.62 bits per heavy atom. The second-order valence-corrected chi connectivity index (χ2v) is 10.7. The monoisotopic (exact) mass is 578 g/mol. The highest BCUT2D eigenvalue weighted by atomic mass is 32.1. The smallest absolute Gasteiger partial charge is 0.326 e. The number of aromatic nitrogens is 1. The molecule has 0 spiro atoms. The minimum absolute atomic E-state index is 0.187. The zero-order valence-electron chi connectivity index (χ0n) is 22.9. The summed E-state index contributed by atoms with van der Waals surface area (Å²) in [6, 6.07) is 24.6. The molecule has 0 aliphatic carbocycles. The lowest BCUT2D eigenvalue weighted by atomic mass is 9.95. The van der Waals surface area contributed by atoms with Crippen molar-refractivity contribution in [2.75, 3.05) is 23.4 Å². The summed E-state index contributed by atoms with van der Waals surface area (Å²) < 4.78 is 6.76. The molecule has 0 radical (unpaired) electrons. The molecule has 1 N–H and O–H groups in total. The predicted molar refractivity (Wildman–Crippen MR) is 160 cm³/mol. The van der Waals surface area contributed by atoms with Crippen LogP contribution in [0.4, 0.5) is 11.4 Å². The van der Waals surface area contributed by atoms with Crippen LogP contribution in [0.2, 0.25) is 0 Å². The highest BCUT2D eigenvalue weighted by Crippen LogP contribution is 2.35. The molecule has 2 amide bonds. The van der Waals surface area contributed by atoms with E-state index in [0.29, 0.717) is 33.0 Å². The zero-order valence-corrected chi connectivity index (χ0v) is 23.7. The fourth-order valence-electron chi connectivity index (χ4n) is 5.32. The van der Waals surface area contributed by atoms with E-state index in [9.17, 15) is 19.2 Å². The summed E-state index contributed by atoms with van der Waals surface area (Å²) >= 11 is 1.09. The van der Waals surface area contributed by atoms with Gasteiger partial charge in [-0.3, -0.25) is 28.6 Å². The van der Waals surface area contributed by atoms with Crippen molar-refractivity contribution >= 4 is 46.1 Å². The lowest BCUT2D eigenvalue weighted by Crippen LogP contribution is -2.41. The van der Waals surface area contributed by atoms with Gasteiger partial charge >= 0.3 is 5.97 Å². The molecule has 9 nitrogen and oxygen atoms in total. The van der Waals surface area contributed by atoms with Crippen LogP contribution in [-0.4, -0.2) is 35.5 Å². The average molecular weight is 579 g/mol. The Hall–Kier alpha value is -5.09. The van der Waals surface area contributed by atoms with Crippen LogP contribution in [0.1, 0.15) is 31.0 Å². The highest BCUT2D eigenvalue weighted by Gasteiger charge is 2.37. The summed E-state index contributed by atoms with van der Waals surface area (Å²) in [5.74, 6) is -1.39. The maximum Gasteiger partial charge on any atom is 0.326 e. The number of carbonyl (C=O) groups is 3. The third kappa shape index (κ3) is 4.65. The second-order valence-electron chi connectivity index (χ2n) is 9.72. The number of amides is 2. The lowest BCUT2D eigenvalue weighted by Gasteiger charge is -2.25. The predicted octanol–water partition coefficient (Wildman–Crippen LogP) is 3.15. The fraction of sp³-hybridized carbons (Fsp3) is 0.156. The van der Waals surface area contributed by atoms with Crippen molar-refractivity contribution in [3.8, 4) is 0 Å². The van der Waals surface area contributed by atoms with Crippen LogP contribution in [0.25, 0.3) is 5.57 Å². The van der Waals surface area contributed by atoms with Gasteiger partial charge in [0.2, 0.25) is 0 Å². The number of thiazole rings is 1. The van der Waals surface area contributed by atoms with Crippen LogP contribution in [0.15, 0.2) is 106 Å². The van der Waals surface area contributed by atoms with Crippen LogP contribution in [0, 0.1) is 0 Å². The minimum atomic E-state index is -0.775. The summed E-state index contributed by atoms with van der Waals surface area (Å²) in [5, 5.41) is 2.93. The molecule has 210 valence electrons. The van der Waals surface area contributed by atoms with Crippen molar-refractivity contribution in [3.05, 3.63) is 127 Å². The third-order valence-electron chi connectivity index (χ3n) is 7.13. The Morgan fingerprint density at radius 1 is 0.952 bits per heavy atom. The van der Waals surface area contributed by atoms with E-state index in [0.717, 1.165) is 16.9 Å². The number of nitrogens with zero attached hydrogens (tertiary/aromatic N) is 3. The largest absolute Gasteiger partial charge is 0.465 e. The summed E-state index contributed by atoms with van der Waals surface area (Å²) in [6.45, 7) is 3.35. The molecule has 0 fully saturated rings. The number of hydrogen-bond donors (Lipinski definition) is 1. The number of rotatable bonds is 6. The number of nitrogens with one attached hydrogen (secondary N) is 1. The Morgan fingerprint density at radius 3 is 2.33 bits per heavy atom. The topological polar surface area (TPSA) is 110 Å². The van der Waals surface area contributed by atoms with Crippen LogP contribution >= 0.6 is 11.3 Å². The van der Waals surface area contributed by atoms with Gasteiger partial charge in [-0.05, 0) is 37.6 Å². The van der Waals surface area contributed by atoms with Crippen molar-refractivity contribution in [2.24, 2.45) is 4.99 Å². The van der Waals surface area contributed by atoms with Crippen LogP contribution < -0.4 is 25.1 Å². The molecule has 3 heterocycles. The number of esters is 1. The average Bonchev–Trinajstić information content (AvgIpc) is 3.45. The molecular formula is C32H26N4O5S. The van der Waals surface area contributed by atoms with E-state index in [2.05, 4.69) is 10.3 Å². The van der Waals surface area contributed by atoms with Gasteiger partial charge in [-0.25, -0.2) is 4.99 Å². The first-order valence-electron chi connectivity index (χ1n) is 13.4. The van der Waals surface area contributed by atoms with Gasteiger partial charge in [-0.1, -0.05) is 78.1 Å². The van der Waals surface area contributed by atoms with E-state index < -0.39 is 23.5 Å². The molecular weight excluding hydrogens is 552 g/mol. The first-order chi connectivity index (χ1) is 20.4. The Bertz CT molecular complexity index is 1940. The van der Waals surface area contributed by atoms with Gasteiger partial charge in [0, 0.05) is 11.3 Å². The number of para-hydroxylation sites is 2. The van der Waals surface area contributed by atoms with E-state index in [1.807, 2.05) is 48.5 Å². The molecule has 10 heteroatoms. The molecule has 1 aromatic heterocycles. The molecule has 2 aliphatic heterocycles. The molecule has 0 saturated carbocycles. The van der Waals surface area contributed by atoms with Crippen molar-refractivity contribution in [1.29, 1.82) is 0 Å². The van der Waals surface area contributed by atoms with Gasteiger partial charge in [0.1, 0.15) is 11.1 Å². The molecule has 6 rings (SSSR count). The van der Waals surface area contributed by atoms with Gasteiger partial charge in [0.25, 0.3) is 17.4 Å². The molecule has 2 aliphatic rings. The van der Waals surface area contributed by atoms with E-state index in [4.69, 9.17) is 4.74 Å². The van der Waals surface area contributed by atoms with E-state index in [1.54, 1.807) is 50.2 Å².